The van der Waals surface area contributed by atoms with E-state index in [9.17, 15) is 17.6 Å². The van der Waals surface area contributed by atoms with E-state index in [1.165, 1.54) is 0 Å². The highest BCUT2D eigenvalue weighted by atomic mass is 35.5. The van der Waals surface area contributed by atoms with E-state index in [2.05, 4.69) is 0 Å². The summed E-state index contributed by atoms with van der Waals surface area (Å²) in [5, 5.41) is 8.27. The minimum atomic E-state index is -3.83. The van der Waals surface area contributed by atoms with Gasteiger partial charge in [0, 0.05) is 6.61 Å². The van der Waals surface area contributed by atoms with Crippen molar-refractivity contribution < 1.29 is 27.4 Å². The van der Waals surface area contributed by atoms with Gasteiger partial charge in [-0.25, -0.2) is 17.6 Å². The summed E-state index contributed by atoms with van der Waals surface area (Å²) in [4.78, 5) is 10.5. The Hall–Kier alpha value is -1.18. The van der Waals surface area contributed by atoms with Gasteiger partial charge in [-0.05, 0) is 18.6 Å². The molecule has 8 heteroatoms. The van der Waals surface area contributed by atoms with Crippen molar-refractivity contribution in [2.24, 2.45) is 0 Å². The van der Waals surface area contributed by atoms with Crippen LogP contribution in [0.1, 0.15) is 30.1 Å². The standard InChI is InChI=1S/C13H16ClFO5S/c1-2-3-4-20-5-6-21(18,19)9-7-10(13(16)17)12(14)11(15)8-9/h7-8H,2-6H2,1H3,(H,16,17). The largest absolute Gasteiger partial charge is 0.478 e. The smallest absolute Gasteiger partial charge is 0.337 e. The van der Waals surface area contributed by atoms with Gasteiger partial charge in [-0.2, -0.15) is 0 Å². The van der Waals surface area contributed by atoms with Crippen LogP contribution in [0, 0.1) is 5.82 Å². The minimum absolute atomic E-state index is 0.0328. The quantitative estimate of drug-likeness (QED) is 0.737. The maximum atomic E-state index is 13.5. The first kappa shape index (κ1) is 17.9. The number of ether oxygens (including phenoxy) is 1. The van der Waals surface area contributed by atoms with E-state index in [-0.39, 0.29) is 12.4 Å². The van der Waals surface area contributed by atoms with E-state index in [1.807, 2.05) is 6.92 Å². The number of hydrogen-bond donors (Lipinski definition) is 1. The van der Waals surface area contributed by atoms with E-state index in [0.717, 1.165) is 25.0 Å². The van der Waals surface area contributed by atoms with Crippen LogP contribution < -0.4 is 0 Å². The van der Waals surface area contributed by atoms with Crippen LogP contribution in [-0.2, 0) is 14.6 Å². The predicted octanol–water partition coefficient (Wildman–Crippen LogP) is 2.77. The Labute approximate surface area is 127 Å². The summed E-state index contributed by atoms with van der Waals surface area (Å²) >= 11 is 5.50. The monoisotopic (exact) mass is 338 g/mol. The van der Waals surface area contributed by atoms with Crippen LogP contribution in [0.15, 0.2) is 17.0 Å². The Morgan fingerprint density at radius 2 is 2.05 bits per heavy atom. The Kier molecular flexibility index (Phi) is 6.57. The third kappa shape index (κ3) is 4.94. The van der Waals surface area contributed by atoms with Crippen LogP contribution in [0.4, 0.5) is 4.39 Å². The fourth-order valence-electron chi connectivity index (χ4n) is 1.53. The molecule has 0 aliphatic rings. The molecule has 0 heterocycles. The molecule has 1 aromatic carbocycles. The molecular weight excluding hydrogens is 323 g/mol. The normalized spacial score (nSPS) is 11.6. The zero-order chi connectivity index (χ0) is 16.0. The van der Waals surface area contributed by atoms with Gasteiger partial charge in [0.1, 0.15) is 5.82 Å². The number of sulfone groups is 1. The van der Waals surface area contributed by atoms with Gasteiger partial charge >= 0.3 is 5.97 Å². The molecule has 0 saturated carbocycles. The van der Waals surface area contributed by atoms with Crippen molar-refractivity contribution >= 4 is 27.4 Å². The fourth-order valence-corrected chi connectivity index (χ4v) is 2.88. The number of carbonyl (C=O) groups is 1. The molecule has 0 aromatic heterocycles. The van der Waals surface area contributed by atoms with E-state index in [4.69, 9.17) is 21.4 Å². The Morgan fingerprint density at radius 3 is 2.62 bits per heavy atom. The molecule has 5 nitrogen and oxygen atoms in total. The van der Waals surface area contributed by atoms with Gasteiger partial charge in [0.15, 0.2) is 9.84 Å². The molecular formula is C13H16ClFO5S. The summed E-state index contributed by atoms with van der Waals surface area (Å²) in [6.45, 7) is 2.39. The third-order valence-electron chi connectivity index (χ3n) is 2.73. The molecule has 0 bridgehead atoms. The van der Waals surface area contributed by atoms with E-state index >= 15 is 0 Å². The van der Waals surface area contributed by atoms with Gasteiger partial charge in [-0.15, -0.1) is 0 Å². The lowest BCUT2D eigenvalue weighted by Crippen LogP contribution is -2.14. The number of halogens is 2. The number of aromatic carboxylic acids is 1. The second kappa shape index (κ2) is 7.72. The minimum Gasteiger partial charge on any atom is -0.478 e. The van der Waals surface area contributed by atoms with Crippen LogP contribution in [0.25, 0.3) is 0 Å². The van der Waals surface area contributed by atoms with Crippen molar-refractivity contribution in [2.45, 2.75) is 24.7 Å². The average Bonchev–Trinajstić information content (AvgIpc) is 2.40. The summed E-state index contributed by atoms with van der Waals surface area (Å²) in [5.41, 5.74) is -0.581. The molecule has 0 atom stereocenters. The first-order valence-electron chi connectivity index (χ1n) is 6.32. The molecule has 0 aliphatic carbocycles. The lowest BCUT2D eigenvalue weighted by molar-refractivity contribution is 0.0696. The van der Waals surface area contributed by atoms with Gasteiger partial charge in [0.2, 0.25) is 0 Å². The zero-order valence-electron chi connectivity index (χ0n) is 11.4. The topological polar surface area (TPSA) is 80.7 Å². The first-order valence-corrected chi connectivity index (χ1v) is 8.35. The molecule has 118 valence electrons. The highest BCUT2D eigenvalue weighted by Crippen LogP contribution is 2.25. The number of unbranched alkanes of at least 4 members (excludes halogenated alkanes) is 1. The van der Waals surface area contributed by atoms with E-state index in [1.54, 1.807) is 0 Å². The third-order valence-corrected chi connectivity index (χ3v) is 4.77. The number of carboxylic acid groups (broad SMARTS) is 1. The Bertz CT molecular complexity index is 615. The molecule has 0 spiro atoms. The maximum absolute atomic E-state index is 13.5. The Balaban J connectivity index is 2.91. The van der Waals surface area contributed by atoms with Crippen molar-refractivity contribution in [3.05, 3.63) is 28.5 Å². The van der Waals surface area contributed by atoms with Crippen LogP contribution >= 0.6 is 11.6 Å². The van der Waals surface area contributed by atoms with Gasteiger partial charge in [-0.3, -0.25) is 0 Å². The lowest BCUT2D eigenvalue weighted by Gasteiger charge is -2.08. The molecule has 0 aliphatic heterocycles. The first-order chi connectivity index (χ1) is 9.79. The van der Waals surface area contributed by atoms with Crippen LogP contribution in [0.3, 0.4) is 0 Å². The SMILES string of the molecule is CCCCOCCS(=O)(=O)c1cc(F)c(Cl)c(C(=O)O)c1. The van der Waals surface area contributed by atoms with Crippen molar-refractivity contribution in [1.82, 2.24) is 0 Å². The zero-order valence-corrected chi connectivity index (χ0v) is 13.0. The molecule has 0 unspecified atom stereocenters. The summed E-state index contributed by atoms with van der Waals surface area (Å²) in [7, 11) is -3.83. The van der Waals surface area contributed by atoms with Crippen molar-refractivity contribution in [3.8, 4) is 0 Å². The number of benzene rings is 1. The van der Waals surface area contributed by atoms with Gasteiger partial charge in [0.05, 0.1) is 27.8 Å². The van der Waals surface area contributed by atoms with E-state index in [0.29, 0.717) is 6.61 Å². The summed E-state index contributed by atoms with van der Waals surface area (Å²) in [6, 6.07) is 1.57. The van der Waals surface area contributed by atoms with Gasteiger partial charge in [0.25, 0.3) is 0 Å². The number of hydrogen-bond acceptors (Lipinski definition) is 4. The number of carboxylic acids is 1. The molecule has 21 heavy (non-hydrogen) atoms. The molecule has 0 saturated heterocycles. The van der Waals surface area contributed by atoms with Crippen molar-refractivity contribution in [1.29, 1.82) is 0 Å². The van der Waals surface area contributed by atoms with Crippen LogP contribution in [0.2, 0.25) is 5.02 Å². The highest BCUT2D eigenvalue weighted by molar-refractivity contribution is 7.91. The van der Waals surface area contributed by atoms with E-state index < -0.39 is 37.1 Å². The summed E-state index contributed by atoms with van der Waals surface area (Å²) in [6.07, 6.45) is 1.75. The van der Waals surface area contributed by atoms with Gasteiger partial charge < -0.3 is 9.84 Å². The van der Waals surface area contributed by atoms with Crippen LogP contribution in [-0.4, -0.2) is 38.5 Å². The summed E-state index contributed by atoms with van der Waals surface area (Å²) < 4.78 is 42.7. The molecule has 1 aromatic rings. The molecule has 0 fully saturated rings. The van der Waals surface area contributed by atoms with Gasteiger partial charge in [-0.1, -0.05) is 24.9 Å². The molecule has 1 N–H and O–H groups in total. The average molecular weight is 339 g/mol. The van der Waals surface area contributed by atoms with Crippen LogP contribution in [0.5, 0.6) is 0 Å². The predicted molar refractivity (Wildman–Crippen MR) is 76.1 cm³/mol. The summed E-state index contributed by atoms with van der Waals surface area (Å²) in [5.74, 6) is -2.92. The van der Waals surface area contributed by atoms with Crippen molar-refractivity contribution in [2.75, 3.05) is 19.0 Å². The second-order valence-corrected chi connectivity index (χ2v) is 6.84. The molecule has 1 rings (SSSR count). The second-order valence-electron chi connectivity index (χ2n) is 4.36. The lowest BCUT2D eigenvalue weighted by atomic mass is 10.2. The van der Waals surface area contributed by atoms with Crippen molar-refractivity contribution in [3.63, 3.8) is 0 Å². The fraction of sp³-hybridized carbons (Fsp3) is 0.462. The molecule has 0 radical (unpaired) electrons. The maximum Gasteiger partial charge on any atom is 0.337 e. The Morgan fingerprint density at radius 1 is 1.38 bits per heavy atom. The highest BCUT2D eigenvalue weighted by Gasteiger charge is 2.21. The molecule has 0 amide bonds. The number of rotatable bonds is 8.